The van der Waals surface area contributed by atoms with Crippen molar-refractivity contribution in [2.75, 3.05) is 31.6 Å². The monoisotopic (exact) mass is 296 g/mol. The van der Waals surface area contributed by atoms with Crippen LogP contribution in [0, 0.1) is 30.6 Å². The molecular weight excluding hydrogens is 276 g/mol. The molecule has 1 aromatic carbocycles. The number of nitrogens with one attached hydrogen (secondary N) is 1. The summed E-state index contributed by atoms with van der Waals surface area (Å²) in [7, 11) is 0. The number of carbonyl (C=O) groups is 1. The largest absolute Gasteiger partial charge is 0.481 e. The number of ether oxygens (including phenoxy) is 1. The molecule has 1 saturated heterocycles. The Balaban J connectivity index is 1.82. The van der Waals surface area contributed by atoms with E-state index in [1.165, 1.54) is 0 Å². The maximum Gasteiger partial charge on any atom is 0.227 e. The molecule has 1 aliphatic rings. The second-order valence-electron chi connectivity index (χ2n) is 5.26. The van der Waals surface area contributed by atoms with Gasteiger partial charge < -0.3 is 10.1 Å². The van der Waals surface area contributed by atoms with E-state index in [1.54, 1.807) is 12.1 Å². The van der Waals surface area contributed by atoms with Crippen molar-refractivity contribution in [3.63, 3.8) is 0 Å². The Bertz CT molecular complexity index is 573. The van der Waals surface area contributed by atoms with E-state index in [1.807, 2.05) is 12.1 Å². The molecule has 4 nitrogen and oxygen atoms in total. The van der Waals surface area contributed by atoms with Gasteiger partial charge in [-0.15, -0.1) is 12.8 Å². The minimum Gasteiger partial charge on any atom is -0.481 e. The lowest BCUT2D eigenvalue weighted by Crippen LogP contribution is -2.38. The summed E-state index contributed by atoms with van der Waals surface area (Å²) >= 11 is 0. The van der Waals surface area contributed by atoms with E-state index in [-0.39, 0.29) is 18.4 Å². The van der Waals surface area contributed by atoms with Gasteiger partial charge in [-0.1, -0.05) is 11.8 Å². The molecule has 22 heavy (non-hydrogen) atoms. The molecule has 1 fully saturated rings. The fourth-order valence-corrected chi connectivity index (χ4v) is 2.49. The van der Waals surface area contributed by atoms with Crippen LogP contribution in [0.4, 0.5) is 5.69 Å². The Kier molecular flexibility index (Phi) is 5.89. The first-order valence-corrected chi connectivity index (χ1v) is 7.36. The van der Waals surface area contributed by atoms with Crippen molar-refractivity contribution in [1.82, 2.24) is 4.90 Å². The average molecular weight is 296 g/mol. The van der Waals surface area contributed by atoms with Crippen LogP contribution in [0.5, 0.6) is 5.75 Å². The van der Waals surface area contributed by atoms with Crippen molar-refractivity contribution in [3.05, 3.63) is 24.3 Å². The van der Waals surface area contributed by atoms with Gasteiger partial charge in [-0.2, -0.15) is 0 Å². The third kappa shape index (κ3) is 4.55. The molecule has 0 aliphatic carbocycles. The van der Waals surface area contributed by atoms with Gasteiger partial charge in [-0.25, -0.2) is 0 Å². The van der Waals surface area contributed by atoms with Gasteiger partial charge in [0, 0.05) is 11.6 Å². The van der Waals surface area contributed by atoms with Crippen LogP contribution in [0.3, 0.4) is 0 Å². The zero-order valence-electron chi connectivity index (χ0n) is 12.5. The predicted octanol–water partition coefficient (Wildman–Crippen LogP) is 1.98. The highest BCUT2D eigenvalue weighted by atomic mass is 16.5. The summed E-state index contributed by atoms with van der Waals surface area (Å²) in [6.45, 7) is 2.65. The van der Waals surface area contributed by atoms with E-state index in [0.717, 1.165) is 31.6 Å². The van der Waals surface area contributed by atoms with Crippen molar-refractivity contribution < 1.29 is 9.53 Å². The molecule has 1 heterocycles. The highest BCUT2D eigenvalue weighted by Crippen LogP contribution is 2.20. The van der Waals surface area contributed by atoms with Gasteiger partial charge in [0.25, 0.3) is 0 Å². The molecule has 1 aromatic rings. The number of terminal acetylenes is 2. The number of nitrogens with zero attached hydrogens (tertiary/aromatic N) is 1. The van der Waals surface area contributed by atoms with E-state index in [2.05, 4.69) is 22.1 Å². The summed E-state index contributed by atoms with van der Waals surface area (Å²) in [6.07, 6.45) is 12.1. The summed E-state index contributed by atoms with van der Waals surface area (Å²) in [4.78, 5) is 14.5. The molecule has 1 N–H and O–H groups in total. The first kappa shape index (κ1) is 15.9. The van der Waals surface area contributed by atoms with E-state index in [4.69, 9.17) is 17.6 Å². The lowest BCUT2D eigenvalue weighted by Gasteiger charge is -2.29. The van der Waals surface area contributed by atoms with Crippen LogP contribution < -0.4 is 10.1 Å². The Labute approximate surface area is 131 Å². The minimum atomic E-state index is 0.0476. The van der Waals surface area contributed by atoms with Crippen molar-refractivity contribution in [2.24, 2.45) is 5.92 Å². The van der Waals surface area contributed by atoms with Gasteiger partial charge in [-0.3, -0.25) is 9.69 Å². The molecule has 0 spiro atoms. The highest BCUT2D eigenvalue weighted by molar-refractivity contribution is 5.92. The molecular formula is C18H20N2O2. The Morgan fingerprint density at radius 2 is 1.91 bits per heavy atom. The number of piperidine rings is 1. The number of hydrogen-bond acceptors (Lipinski definition) is 3. The van der Waals surface area contributed by atoms with Gasteiger partial charge >= 0.3 is 0 Å². The number of carbonyl (C=O) groups excluding carboxylic acids is 1. The average Bonchev–Trinajstić information content (AvgIpc) is 2.55. The first-order valence-electron chi connectivity index (χ1n) is 7.36. The molecule has 0 atom stereocenters. The summed E-state index contributed by atoms with van der Waals surface area (Å²) in [5.74, 6) is 5.86. The number of rotatable bonds is 5. The molecule has 4 heteroatoms. The van der Waals surface area contributed by atoms with Gasteiger partial charge in [0.05, 0.1) is 6.54 Å². The lowest BCUT2D eigenvalue weighted by atomic mass is 9.96. The molecule has 0 aromatic heterocycles. The molecule has 1 aliphatic heterocycles. The Morgan fingerprint density at radius 1 is 1.23 bits per heavy atom. The maximum atomic E-state index is 12.3. The first-order chi connectivity index (χ1) is 10.7. The van der Waals surface area contributed by atoms with Gasteiger partial charge in [0.15, 0.2) is 0 Å². The van der Waals surface area contributed by atoms with E-state index >= 15 is 0 Å². The summed E-state index contributed by atoms with van der Waals surface area (Å²) in [5, 5.41) is 2.95. The maximum absolute atomic E-state index is 12.3. The summed E-state index contributed by atoms with van der Waals surface area (Å²) < 4.78 is 5.30. The Hall–Kier alpha value is -2.43. The topological polar surface area (TPSA) is 41.6 Å². The normalized spacial score (nSPS) is 15.5. The predicted molar refractivity (Wildman–Crippen MR) is 87.4 cm³/mol. The zero-order valence-corrected chi connectivity index (χ0v) is 12.5. The van der Waals surface area contributed by atoms with Crippen LogP contribution in [0.2, 0.25) is 0 Å². The highest BCUT2D eigenvalue weighted by Gasteiger charge is 2.24. The fraction of sp³-hybridized carbons (Fsp3) is 0.389. The van der Waals surface area contributed by atoms with Crippen LogP contribution in [0.1, 0.15) is 12.8 Å². The zero-order chi connectivity index (χ0) is 15.8. The van der Waals surface area contributed by atoms with Crippen molar-refractivity contribution >= 4 is 11.6 Å². The minimum absolute atomic E-state index is 0.0476. The molecule has 0 saturated carbocycles. The van der Waals surface area contributed by atoms with Crippen LogP contribution in [-0.4, -0.2) is 37.0 Å². The van der Waals surface area contributed by atoms with Crippen LogP contribution in [0.15, 0.2) is 24.3 Å². The van der Waals surface area contributed by atoms with Gasteiger partial charge in [0.2, 0.25) is 5.91 Å². The lowest BCUT2D eigenvalue weighted by molar-refractivity contribution is -0.121. The van der Waals surface area contributed by atoms with Gasteiger partial charge in [-0.05, 0) is 50.2 Å². The van der Waals surface area contributed by atoms with E-state index < -0.39 is 0 Å². The molecule has 1 amide bonds. The number of benzene rings is 1. The number of anilines is 1. The summed E-state index contributed by atoms with van der Waals surface area (Å²) in [6, 6.07) is 7.22. The van der Waals surface area contributed by atoms with Crippen molar-refractivity contribution in [2.45, 2.75) is 12.8 Å². The smallest absolute Gasteiger partial charge is 0.227 e. The summed E-state index contributed by atoms with van der Waals surface area (Å²) in [5.41, 5.74) is 0.768. The second kappa shape index (κ2) is 8.12. The van der Waals surface area contributed by atoms with E-state index in [0.29, 0.717) is 12.3 Å². The molecule has 0 radical (unpaired) electrons. The number of likely N-dealkylation sites (tertiary alicyclic amines) is 1. The quantitative estimate of drug-likeness (QED) is 0.845. The van der Waals surface area contributed by atoms with Crippen LogP contribution in [0.25, 0.3) is 0 Å². The third-order valence-corrected chi connectivity index (χ3v) is 3.72. The second-order valence-corrected chi connectivity index (χ2v) is 5.26. The Morgan fingerprint density at radius 3 is 2.50 bits per heavy atom. The molecule has 2 rings (SSSR count). The van der Waals surface area contributed by atoms with Gasteiger partial charge in [0.1, 0.15) is 12.4 Å². The number of hydrogen-bond donors (Lipinski definition) is 1. The number of amides is 1. The fourth-order valence-electron chi connectivity index (χ4n) is 2.49. The van der Waals surface area contributed by atoms with Crippen molar-refractivity contribution in [1.29, 1.82) is 0 Å². The van der Waals surface area contributed by atoms with Crippen LogP contribution >= 0.6 is 0 Å². The van der Waals surface area contributed by atoms with E-state index in [9.17, 15) is 4.79 Å². The molecule has 0 unspecified atom stereocenters. The van der Waals surface area contributed by atoms with Crippen molar-refractivity contribution in [3.8, 4) is 30.4 Å². The SMILES string of the molecule is C#CCOc1ccc(NC(=O)C2CCN(CC#C)CC2)cc1. The molecule has 114 valence electrons. The molecule has 0 bridgehead atoms. The third-order valence-electron chi connectivity index (χ3n) is 3.72. The van der Waals surface area contributed by atoms with Crippen LogP contribution in [-0.2, 0) is 4.79 Å². The standard InChI is InChI=1S/C18H20N2O2/c1-3-11-20-12-9-15(10-13-20)18(21)19-16-5-7-17(8-6-16)22-14-4-2/h1-2,5-8,15H,9-14H2,(H,19,21).